The number of hydrogen-bond acceptors (Lipinski definition) is 5. The van der Waals surface area contributed by atoms with Crippen LogP contribution in [0.25, 0.3) is 0 Å². The summed E-state index contributed by atoms with van der Waals surface area (Å²) in [6.07, 6.45) is 0.629. The molecule has 25 heavy (non-hydrogen) atoms. The Bertz CT molecular complexity index is 611. The Morgan fingerprint density at radius 1 is 1.28 bits per heavy atom. The van der Waals surface area contributed by atoms with Crippen LogP contribution < -0.4 is 0 Å². The van der Waals surface area contributed by atoms with E-state index in [2.05, 4.69) is 0 Å². The number of aliphatic carboxylic acids is 1. The van der Waals surface area contributed by atoms with Gasteiger partial charge in [-0.1, -0.05) is 44.2 Å². The SMILES string of the molecule is CC(C)C(OC(=O)CCc1ccccc1)ON(C=O)C1(C(=O)O)CC1. The number of benzene rings is 1. The van der Waals surface area contributed by atoms with Crippen LogP contribution in [0.15, 0.2) is 30.3 Å². The van der Waals surface area contributed by atoms with Crippen molar-refractivity contribution in [2.24, 2.45) is 5.92 Å². The molecule has 0 bridgehead atoms. The molecule has 1 N–H and O–H groups in total. The Hall–Kier alpha value is -2.41. The molecule has 1 atom stereocenters. The second-order valence-corrected chi connectivity index (χ2v) is 6.46. The highest BCUT2D eigenvalue weighted by Gasteiger charge is 2.57. The molecule has 1 fully saturated rings. The Morgan fingerprint density at radius 3 is 2.40 bits per heavy atom. The lowest BCUT2D eigenvalue weighted by atomic mass is 10.1. The first-order valence-corrected chi connectivity index (χ1v) is 8.27. The van der Waals surface area contributed by atoms with Crippen molar-refractivity contribution >= 4 is 18.3 Å². The lowest BCUT2D eigenvalue weighted by molar-refractivity contribution is -0.284. The molecule has 1 saturated carbocycles. The van der Waals surface area contributed by atoms with Gasteiger partial charge in [0, 0.05) is 12.3 Å². The van der Waals surface area contributed by atoms with E-state index in [4.69, 9.17) is 9.57 Å². The fraction of sp³-hybridized carbons (Fsp3) is 0.500. The normalized spacial score (nSPS) is 16.1. The number of carboxylic acid groups (broad SMARTS) is 1. The lowest BCUT2D eigenvalue weighted by Crippen LogP contribution is -2.46. The number of carboxylic acids is 1. The summed E-state index contributed by atoms with van der Waals surface area (Å²) >= 11 is 0. The molecule has 0 saturated heterocycles. The summed E-state index contributed by atoms with van der Waals surface area (Å²) in [5.74, 6) is -1.83. The van der Waals surface area contributed by atoms with Gasteiger partial charge >= 0.3 is 11.9 Å². The average Bonchev–Trinajstić information content (AvgIpc) is 3.39. The van der Waals surface area contributed by atoms with Crippen molar-refractivity contribution in [2.45, 2.75) is 51.4 Å². The number of carbonyl (C=O) groups is 3. The molecular weight excluding hydrogens is 326 g/mol. The fourth-order valence-corrected chi connectivity index (χ4v) is 2.34. The van der Waals surface area contributed by atoms with Gasteiger partial charge in [0.05, 0.1) is 0 Å². The summed E-state index contributed by atoms with van der Waals surface area (Å²) in [5.41, 5.74) is -0.329. The predicted molar refractivity (Wildman–Crippen MR) is 88.1 cm³/mol. The van der Waals surface area contributed by atoms with E-state index < -0.39 is 23.8 Å². The predicted octanol–water partition coefficient (Wildman–Crippen LogP) is 2.15. The maximum atomic E-state index is 12.1. The number of aryl methyl sites for hydroxylation is 1. The summed E-state index contributed by atoms with van der Waals surface area (Å²) in [7, 11) is 0. The van der Waals surface area contributed by atoms with Crippen molar-refractivity contribution in [1.29, 1.82) is 0 Å². The van der Waals surface area contributed by atoms with Crippen molar-refractivity contribution < 1.29 is 29.1 Å². The van der Waals surface area contributed by atoms with Gasteiger partial charge in [-0.2, -0.15) is 0 Å². The van der Waals surface area contributed by atoms with Crippen LogP contribution in [0, 0.1) is 5.92 Å². The third-order valence-corrected chi connectivity index (χ3v) is 4.11. The van der Waals surface area contributed by atoms with E-state index in [0.717, 1.165) is 10.6 Å². The second kappa shape index (κ2) is 8.11. The Labute approximate surface area is 146 Å². The zero-order chi connectivity index (χ0) is 18.4. The van der Waals surface area contributed by atoms with Crippen LogP contribution in [0.4, 0.5) is 0 Å². The molecule has 0 radical (unpaired) electrons. The minimum atomic E-state index is -1.34. The quantitative estimate of drug-likeness (QED) is 0.301. The number of hydroxylamine groups is 2. The van der Waals surface area contributed by atoms with E-state index in [-0.39, 0.29) is 12.3 Å². The zero-order valence-corrected chi connectivity index (χ0v) is 14.4. The highest BCUT2D eigenvalue weighted by Crippen LogP contribution is 2.42. The number of esters is 1. The highest BCUT2D eigenvalue weighted by molar-refractivity contribution is 5.84. The minimum absolute atomic E-state index is 0.168. The second-order valence-electron chi connectivity index (χ2n) is 6.46. The topological polar surface area (TPSA) is 93.1 Å². The number of nitrogens with zero attached hydrogens (tertiary/aromatic N) is 1. The van der Waals surface area contributed by atoms with Gasteiger partial charge in [-0.3, -0.25) is 9.59 Å². The molecule has 0 heterocycles. The average molecular weight is 349 g/mol. The van der Waals surface area contributed by atoms with Crippen LogP contribution in [-0.4, -0.2) is 40.3 Å². The fourth-order valence-electron chi connectivity index (χ4n) is 2.34. The van der Waals surface area contributed by atoms with Gasteiger partial charge < -0.3 is 9.84 Å². The van der Waals surface area contributed by atoms with Crippen LogP contribution >= 0.6 is 0 Å². The Kier molecular flexibility index (Phi) is 6.14. The van der Waals surface area contributed by atoms with Gasteiger partial charge in [-0.25, -0.2) is 14.7 Å². The van der Waals surface area contributed by atoms with Gasteiger partial charge in [0.25, 0.3) is 0 Å². The first kappa shape index (κ1) is 18.9. The van der Waals surface area contributed by atoms with E-state index >= 15 is 0 Å². The third kappa shape index (κ3) is 4.79. The molecule has 7 heteroatoms. The van der Waals surface area contributed by atoms with Gasteiger partial charge in [0.1, 0.15) is 0 Å². The number of hydrogen-bond donors (Lipinski definition) is 1. The van der Waals surface area contributed by atoms with E-state index in [0.29, 0.717) is 25.7 Å². The highest BCUT2D eigenvalue weighted by atomic mass is 16.8. The number of rotatable bonds is 10. The largest absolute Gasteiger partial charge is 0.479 e. The van der Waals surface area contributed by atoms with Crippen molar-refractivity contribution in [2.75, 3.05) is 0 Å². The summed E-state index contributed by atoms with van der Waals surface area (Å²) in [6.45, 7) is 3.52. The lowest BCUT2D eigenvalue weighted by Gasteiger charge is -2.29. The van der Waals surface area contributed by atoms with Gasteiger partial charge in [0.2, 0.25) is 12.7 Å². The van der Waals surface area contributed by atoms with Crippen LogP contribution in [0.1, 0.15) is 38.7 Å². The molecular formula is C18H23NO6. The molecule has 1 aromatic rings. The first-order valence-electron chi connectivity index (χ1n) is 8.27. The van der Waals surface area contributed by atoms with Gasteiger partial charge in [0.15, 0.2) is 5.54 Å². The van der Waals surface area contributed by atoms with E-state index in [1.165, 1.54) is 0 Å². The van der Waals surface area contributed by atoms with E-state index in [9.17, 15) is 19.5 Å². The molecule has 136 valence electrons. The molecule has 0 aromatic heterocycles. The molecule has 7 nitrogen and oxygen atoms in total. The van der Waals surface area contributed by atoms with Crippen LogP contribution in [0.3, 0.4) is 0 Å². The molecule has 0 spiro atoms. The van der Waals surface area contributed by atoms with Crippen LogP contribution in [0.2, 0.25) is 0 Å². The number of amides is 1. The van der Waals surface area contributed by atoms with E-state index in [1.54, 1.807) is 13.8 Å². The summed E-state index contributed by atoms with van der Waals surface area (Å²) in [5, 5.41) is 10.0. The van der Waals surface area contributed by atoms with Gasteiger partial charge in [-0.05, 0) is 24.8 Å². The summed E-state index contributed by atoms with van der Waals surface area (Å²) < 4.78 is 5.31. The maximum Gasteiger partial charge on any atom is 0.332 e. The summed E-state index contributed by atoms with van der Waals surface area (Å²) in [6, 6.07) is 9.52. The van der Waals surface area contributed by atoms with Crippen LogP contribution in [-0.2, 0) is 30.4 Å². The molecule has 1 aliphatic carbocycles. The van der Waals surface area contributed by atoms with Crippen molar-refractivity contribution in [1.82, 2.24) is 5.06 Å². The number of ether oxygens (including phenoxy) is 1. The molecule has 1 aromatic carbocycles. The zero-order valence-electron chi connectivity index (χ0n) is 14.4. The minimum Gasteiger partial charge on any atom is -0.479 e. The molecule has 1 unspecified atom stereocenters. The third-order valence-electron chi connectivity index (χ3n) is 4.11. The standard InChI is InChI=1S/C18H23NO6/c1-13(2)16(25-19(12-20)18(10-11-18)17(22)23)24-15(21)9-8-14-6-4-3-5-7-14/h3-7,12-13,16H,8-11H2,1-2H3,(H,22,23). The van der Waals surface area contributed by atoms with Crippen molar-refractivity contribution in [3.63, 3.8) is 0 Å². The monoisotopic (exact) mass is 349 g/mol. The van der Waals surface area contributed by atoms with Crippen LogP contribution in [0.5, 0.6) is 0 Å². The number of carbonyl (C=O) groups excluding carboxylic acids is 2. The van der Waals surface area contributed by atoms with Crippen molar-refractivity contribution in [3.05, 3.63) is 35.9 Å². The summed E-state index contributed by atoms with van der Waals surface area (Å²) in [4.78, 5) is 40.1. The smallest absolute Gasteiger partial charge is 0.332 e. The van der Waals surface area contributed by atoms with E-state index in [1.807, 2.05) is 30.3 Å². The van der Waals surface area contributed by atoms with Crippen molar-refractivity contribution in [3.8, 4) is 0 Å². The Morgan fingerprint density at radius 2 is 1.92 bits per heavy atom. The molecule has 1 amide bonds. The molecule has 2 rings (SSSR count). The van der Waals surface area contributed by atoms with Gasteiger partial charge in [-0.15, -0.1) is 0 Å². The first-order chi connectivity index (χ1) is 11.9. The maximum absolute atomic E-state index is 12.1. The Balaban J connectivity index is 1.92. The molecule has 0 aliphatic heterocycles. The molecule has 1 aliphatic rings.